The number of carbonyl (C=O) groups excluding carboxylic acids is 1. The van der Waals surface area contributed by atoms with Gasteiger partial charge in [0.25, 0.3) is 0 Å². The first-order chi connectivity index (χ1) is 12.4. The van der Waals surface area contributed by atoms with E-state index in [1.807, 2.05) is 49.4 Å². The van der Waals surface area contributed by atoms with E-state index in [4.69, 9.17) is 5.73 Å². The summed E-state index contributed by atoms with van der Waals surface area (Å²) in [7, 11) is 1.79. The highest BCUT2D eigenvalue weighted by Gasteiger charge is 2.10. The molecular formula is C20H25BrN4O. The lowest BCUT2D eigenvalue weighted by Gasteiger charge is -2.17. The van der Waals surface area contributed by atoms with Crippen LogP contribution in [0.2, 0.25) is 0 Å². The smallest absolute Gasteiger partial charge is 0.224 e. The number of nitrogens with two attached hydrogens (primary N) is 1. The molecule has 0 radical (unpaired) electrons. The summed E-state index contributed by atoms with van der Waals surface area (Å²) >= 11 is 3.50. The lowest BCUT2D eigenvalue weighted by molar-refractivity contribution is -0.130. The Morgan fingerprint density at radius 1 is 1.19 bits per heavy atom. The quantitative estimate of drug-likeness (QED) is 0.554. The number of anilines is 1. The fourth-order valence-corrected chi connectivity index (χ4v) is 2.85. The highest BCUT2D eigenvalue weighted by atomic mass is 79.9. The van der Waals surface area contributed by atoms with E-state index >= 15 is 0 Å². The van der Waals surface area contributed by atoms with E-state index in [2.05, 4.69) is 33.2 Å². The monoisotopic (exact) mass is 416 g/mol. The fourth-order valence-electron chi connectivity index (χ4n) is 2.44. The fraction of sp³-hybridized carbons (Fsp3) is 0.300. The van der Waals surface area contributed by atoms with Crippen molar-refractivity contribution in [3.63, 3.8) is 0 Å². The third-order valence-electron chi connectivity index (χ3n) is 4.18. The highest BCUT2D eigenvalue weighted by Crippen LogP contribution is 2.17. The number of halogens is 1. The van der Waals surface area contributed by atoms with E-state index < -0.39 is 0 Å². The second kappa shape index (κ2) is 9.38. The van der Waals surface area contributed by atoms with Crippen molar-refractivity contribution in [1.29, 1.82) is 0 Å². The predicted molar refractivity (Wildman–Crippen MR) is 111 cm³/mol. The van der Waals surface area contributed by atoms with Crippen molar-refractivity contribution in [3.05, 3.63) is 63.6 Å². The van der Waals surface area contributed by atoms with Gasteiger partial charge in [0.2, 0.25) is 5.91 Å². The first kappa shape index (κ1) is 20.0. The average molecular weight is 417 g/mol. The third-order valence-corrected chi connectivity index (χ3v) is 4.95. The Bertz CT molecular complexity index is 804. The zero-order valence-corrected chi connectivity index (χ0v) is 17.0. The van der Waals surface area contributed by atoms with Gasteiger partial charge in [0, 0.05) is 30.2 Å². The number of benzene rings is 2. The normalized spacial score (nSPS) is 11.3. The standard InChI is InChI=1S/C20H25BrN4O/c1-14-8-9-17(12-15(14)2)24-20(22)23-11-10-19(26)25(3)13-16-6-4-5-7-18(16)21/h4-9,12H,10-11,13H2,1-3H3,(H3,22,23,24). The second-order valence-corrected chi connectivity index (χ2v) is 7.14. The minimum Gasteiger partial charge on any atom is -0.370 e. The molecular weight excluding hydrogens is 392 g/mol. The molecule has 0 saturated heterocycles. The van der Waals surface area contributed by atoms with E-state index in [-0.39, 0.29) is 5.91 Å². The molecule has 0 fully saturated rings. The van der Waals surface area contributed by atoms with E-state index in [1.165, 1.54) is 11.1 Å². The van der Waals surface area contributed by atoms with Gasteiger partial charge < -0.3 is 16.0 Å². The van der Waals surface area contributed by atoms with Gasteiger partial charge in [0.1, 0.15) is 0 Å². The number of rotatable bonds is 6. The minimum atomic E-state index is 0.0310. The van der Waals surface area contributed by atoms with Gasteiger partial charge in [-0.3, -0.25) is 9.79 Å². The second-order valence-electron chi connectivity index (χ2n) is 6.28. The SMILES string of the molecule is Cc1ccc(NC(N)=NCCC(=O)N(C)Cc2ccccc2Br)cc1C. The number of aryl methyl sites for hydroxylation is 2. The summed E-state index contributed by atoms with van der Waals surface area (Å²) in [5.41, 5.74) is 10.3. The van der Waals surface area contributed by atoms with Crippen LogP contribution in [0.15, 0.2) is 51.9 Å². The number of nitrogens with one attached hydrogen (secondary N) is 1. The van der Waals surface area contributed by atoms with Gasteiger partial charge in [-0.1, -0.05) is 40.2 Å². The number of guanidine groups is 1. The number of hydrogen-bond acceptors (Lipinski definition) is 2. The summed E-state index contributed by atoms with van der Waals surface area (Å²) in [6, 6.07) is 13.9. The van der Waals surface area contributed by atoms with Crippen molar-refractivity contribution < 1.29 is 4.79 Å². The Kier molecular flexibility index (Phi) is 7.21. The van der Waals surface area contributed by atoms with E-state index in [9.17, 15) is 4.79 Å². The van der Waals surface area contributed by atoms with Crippen molar-refractivity contribution in [2.75, 3.05) is 18.9 Å². The Morgan fingerprint density at radius 3 is 2.62 bits per heavy atom. The molecule has 0 unspecified atom stereocenters. The van der Waals surface area contributed by atoms with Crippen LogP contribution < -0.4 is 11.1 Å². The molecule has 2 aromatic carbocycles. The van der Waals surface area contributed by atoms with Crippen molar-refractivity contribution >= 4 is 33.5 Å². The van der Waals surface area contributed by atoms with E-state index in [0.29, 0.717) is 25.5 Å². The number of aliphatic imine (C=N–C) groups is 1. The Labute approximate surface area is 163 Å². The highest BCUT2D eigenvalue weighted by molar-refractivity contribution is 9.10. The maximum Gasteiger partial charge on any atom is 0.224 e. The largest absolute Gasteiger partial charge is 0.370 e. The molecule has 0 aliphatic carbocycles. The molecule has 0 aromatic heterocycles. The predicted octanol–water partition coefficient (Wildman–Crippen LogP) is 3.84. The number of amides is 1. The molecule has 0 atom stereocenters. The maximum absolute atomic E-state index is 12.3. The van der Waals surface area contributed by atoms with E-state index in [0.717, 1.165) is 15.7 Å². The van der Waals surface area contributed by atoms with Crippen molar-refractivity contribution in [3.8, 4) is 0 Å². The van der Waals surface area contributed by atoms with Crippen LogP contribution in [-0.2, 0) is 11.3 Å². The van der Waals surface area contributed by atoms with Crippen LogP contribution in [0.3, 0.4) is 0 Å². The van der Waals surface area contributed by atoms with Gasteiger partial charge >= 0.3 is 0 Å². The van der Waals surface area contributed by atoms with E-state index in [1.54, 1.807) is 11.9 Å². The summed E-state index contributed by atoms with van der Waals surface area (Å²) in [6.07, 6.45) is 0.316. The molecule has 2 aromatic rings. The van der Waals surface area contributed by atoms with Crippen LogP contribution in [0.1, 0.15) is 23.1 Å². The van der Waals surface area contributed by atoms with Gasteiger partial charge in [0.05, 0.1) is 6.54 Å². The summed E-state index contributed by atoms with van der Waals surface area (Å²) in [4.78, 5) is 18.2. The molecule has 6 heteroatoms. The molecule has 3 N–H and O–H groups in total. The number of nitrogens with zero attached hydrogens (tertiary/aromatic N) is 2. The summed E-state index contributed by atoms with van der Waals surface area (Å²) in [5, 5.41) is 3.06. The van der Waals surface area contributed by atoms with Crippen molar-refractivity contribution in [2.24, 2.45) is 10.7 Å². The molecule has 0 aliphatic rings. The molecule has 0 saturated carbocycles. The molecule has 26 heavy (non-hydrogen) atoms. The lowest BCUT2D eigenvalue weighted by Crippen LogP contribution is -2.28. The Morgan fingerprint density at radius 2 is 1.92 bits per heavy atom. The van der Waals surface area contributed by atoms with Gasteiger partial charge in [-0.25, -0.2) is 0 Å². The number of hydrogen-bond donors (Lipinski definition) is 2. The lowest BCUT2D eigenvalue weighted by atomic mass is 10.1. The summed E-state index contributed by atoms with van der Waals surface area (Å²) < 4.78 is 1.000. The number of carbonyl (C=O) groups is 1. The van der Waals surface area contributed by atoms with Crippen molar-refractivity contribution in [2.45, 2.75) is 26.8 Å². The van der Waals surface area contributed by atoms with Gasteiger partial charge in [-0.15, -0.1) is 0 Å². The molecule has 1 amide bonds. The molecule has 5 nitrogen and oxygen atoms in total. The minimum absolute atomic E-state index is 0.0310. The maximum atomic E-state index is 12.3. The summed E-state index contributed by atoms with van der Waals surface area (Å²) in [5.74, 6) is 0.345. The first-order valence-electron chi connectivity index (χ1n) is 8.48. The average Bonchev–Trinajstić information content (AvgIpc) is 2.60. The van der Waals surface area contributed by atoms with Crippen LogP contribution in [0.25, 0.3) is 0 Å². The topological polar surface area (TPSA) is 70.7 Å². The zero-order chi connectivity index (χ0) is 19.1. The van der Waals surface area contributed by atoms with Crippen molar-refractivity contribution in [1.82, 2.24) is 4.90 Å². The van der Waals surface area contributed by atoms with Crippen LogP contribution in [0, 0.1) is 13.8 Å². The van der Waals surface area contributed by atoms with Crippen LogP contribution in [-0.4, -0.2) is 30.4 Å². The third kappa shape index (κ3) is 5.88. The first-order valence-corrected chi connectivity index (χ1v) is 9.27. The Hall–Kier alpha value is -2.34. The molecule has 0 bridgehead atoms. The van der Waals surface area contributed by atoms with Crippen LogP contribution >= 0.6 is 15.9 Å². The summed E-state index contributed by atoms with van der Waals surface area (Å²) in [6.45, 7) is 5.02. The molecule has 0 spiro atoms. The molecule has 0 aliphatic heterocycles. The molecule has 138 valence electrons. The molecule has 2 rings (SSSR count). The molecule has 0 heterocycles. The van der Waals surface area contributed by atoms with Gasteiger partial charge in [0.15, 0.2) is 5.96 Å². The zero-order valence-electron chi connectivity index (χ0n) is 15.4. The van der Waals surface area contributed by atoms with Gasteiger partial charge in [-0.05, 0) is 48.7 Å². The van der Waals surface area contributed by atoms with Gasteiger partial charge in [-0.2, -0.15) is 0 Å². The van der Waals surface area contributed by atoms with Crippen LogP contribution in [0.4, 0.5) is 5.69 Å². The Balaban J connectivity index is 1.83. The van der Waals surface area contributed by atoms with Crippen LogP contribution in [0.5, 0.6) is 0 Å².